The molecule has 0 radical (unpaired) electrons. The zero-order chi connectivity index (χ0) is 26.6. The maximum atomic E-state index is 11.6. The topological polar surface area (TPSA) is 152 Å². The minimum absolute atomic E-state index is 0.0244. The molecular formula is C26H20N4O7S. The second-order valence-corrected chi connectivity index (χ2v) is 9.33. The Labute approximate surface area is 220 Å². The Kier molecular flexibility index (Phi) is 7.03. The fourth-order valence-electron chi connectivity index (χ4n) is 4.13. The fraction of sp³-hybridized carbons (Fsp3) is 0.192. The number of benzene rings is 1. The number of furan rings is 1. The lowest BCUT2D eigenvalue weighted by atomic mass is 10.0. The van der Waals surface area contributed by atoms with Crippen molar-refractivity contribution in [3.8, 4) is 34.3 Å². The molecule has 5 rings (SSSR count). The van der Waals surface area contributed by atoms with Crippen molar-refractivity contribution in [1.29, 1.82) is 5.26 Å². The van der Waals surface area contributed by atoms with E-state index in [2.05, 4.69) is 16.0 Å². The molecule has 0 atom stereocenters. The summed E-state index contributed by atoms with van der Waals surface area (Å²) in [5.74, 6) is -1.33. The second kappa shape index (κ2) is 10.7. The van der Waals surface area contributed by atoms with Crippen LogP contribution in [0.5, 0.6) is 5.88 Å². The third kappa shape index (κ3) is 5.06. The molecule has 0 aliphatic carbocycles. The van der Waals surface area contributed by atoms with Crippen LogP contribution in [0.2, 0.25) is 0 Å². The summed E-state index contributed by atoms with van der Waals surface area (Å²) in [7, 11) is 0. The van der Waals surface area contributed by atoms with Gasteiger partial charge in [-0.05, 0) is 24.3 Å². The van der Waals surface area contributed by atoms with E-state index < -0.39 is 10.9 Å². The van der Waals surface area contributed by atoms with E-state index in [0.717, 1.165) is 30.4 Å². The molecule has 38 heavy (non-hydrogen) atoms. The Morgan fingerprint density at radius 1 is 1.21 bits per heavy atom. The number of carbonyl (C=O) groups is 1. The molecule has 12 heteroatoms. The Morgan fingerprint density at radius 3 is 2.61 bits per heavy atom. The first-order chi connectivity index (χ1) is 18.4. The van der Waals surface area contributed by atoms with E-state index >= 15 is 0 Å². The number of hydrogen-bond donors (Lipinski definition) is 1. The van der Waals surface area contributed by atoms with Gasteiger partial charge in [0.05, 0.1) is 36.4 Å². The maximum absolute atomic E-state index is 11.6. The number of ether oxygens (including phenoxy) is 2. The Hall–Kier alpha value is -4.73. The lowest BCUT2D eigenvalue weighted by Crippen LogP contribution is -2.36. The highest BCUT2D eigenvalue weighted by Gasteiger charge is 2.23. The van der Waals surface area contributed by atoms with Crippen LogP contribution in [0.4, 0.5) is 10.7 Å². The molecule has 4 heterocycles. The number of pyridine rings is 1. The molecule has 0 bridgehead atoms. The van der Waals surface area contributed by atoms with Gasteiger partial charge in [-0.15, -0.1) is 0 Å². The molecule has 1 aliphatic heterocycles. The van der Waals surface area contributed by atoms with Crippen molar-refractivity contribution in [2.45, 2.75) is 6.61 Å². The van der Waals surface area contributed by atoms with Crippen LogP contribution in [0, 0.1) is 21.4 Å². The van der Waals surface area contributed by atoms with Crippen LogP contribution in [-0.4, -0.2) is 47.3 Å². The van der Waals surface area contributed by atoms with Crippen molar-refractivity contribution >= 4 is 28.0 Å². The molecule has 0 amide bonds. The molecule has 11 nitrogen and oxygen atoms in total. The first kappa shape index (κ1) is 24.9. The number of carboxylic acid groups (broad SMARTS) is 1. The summed E-state index contributed by atoms with van der Waals surface area (Å²) >= 11 is 0.547. The summed E-state index contributed by atoms with van der Waals surface area (Å²) in [5, 5.41) is 30.3. The SMILES string of the molecule is N#Cc1c(-c2ccoc2)cc(-c2ccc(N3CCOCC3)cc2)nc1OCc1cc([N+](=O)[O-])sc1C(=O)O. The largest absolute Gasteiger partial charge is 0.477 e. The fourth-order valence-corrected chi connectivity index (χ4v) is 4.95. The molecule has 1 fully saturated rings. The molecule has 1 aromatic carbocycles. The molecular weight excluding hydrogens is 512 g/mol. The van der Waals surface area contributed by atoms with Crippen molar-refractivity contribution in [3.63, 3.8) is 0 Å². The average Bonchev–Trinajstić information content (AvgIpc) is 3.63. The van der Waals surface area contributed by atoms with E-state index in [9.17, 15) is 25.3 Å². The Morgan fingerprint density at radius 2 is 1.97 bits per heavy atom. The van der Waals surface area contributed by atoms with Gasteiger partial charge < -0.3 is 23.9 Å². The van der Waals surface area contributed by atoms with Gasteiger partial charge in [0.15, 0.2) is 0 Å². The second-order valence-electron chi connectivity index (χ2n) is 8.30. The van der Waals surface area contributed by atoms with Crippen LogP contribution in [0.1, 0.15) is 20.8 Å². The third-order valence-electron chi connectivity index (χ3n) is 6.00. The first-order valence-corrected chi connectivity index (χ1v) is 12.3. The Balaban J connectivity index is 1.52. The highest BCUT2D eigenvalue weighted by atomic mass is 32.1. The smallest absolute Gasteiger partial charge is 0.346 e. The molecule has 1 aliphatic rings. The van der Waals surface area contributed by atoms with E-state index in [1.54, 1.807) is 12.1 Å². The molecule has 0 spiro atoms. The lowest BCUT2D eigenvalue weighted by molar-refractivity contribution is -0.380. The molecule has 4 aromatic rings. The predicted molar refractivity (Wildman–Crippen MR) is 137 cm³/mol. The van der Waals surface area contributed by atoms with Crippen LogP contribution in [0.15, 0.2) is 59.4 Å². The van der Waals surface area contributed by atoms with Gasteiger partial charge in [-0.25, -0.2) is 9.78 Å². The molecule has 1 N–H and O–H groups in total. The quantitative estimate of drug-likeness (QED) is 0.243. The first-order valence-electron chi connectivity index (χ1n) is 11.5. The van der Waals surface area contributed by atoms with Gasteiger partial charge in [0.25, 0.3) is 0 Å². The number of nitriles is 1. The number of morpholine rings is 1. The number of aromatic carboxylic acids is 1. The molecule has 0 saturated carbocycles. The Bertz CT molecular complexity index is 1520. The zero-order valence-corrected chi connectivity index (χ0v) is 20.6. The predicted octanol–water partition coefficient (Wildman–Crippen LogP) is 4.96. The average molecular weight is 533 g/mol. The van der Waals surface area contributed by atoms with Crippen molar-refractivity contribution in [3.05, 3.63) is 81.1 Å². The van der Waals surface area contributed by atoms with Crippen LogP contribution < -0.4 is 9.64 Å². The number of thiophene rings is 1. The number of rotatable bonds is 8. The number of hydrogen-bond acceptors (Lipinski definition) is 10. The number of carboxylic acids is 1. The van der Waals surface area contributed by atoms with Gasteiger partial charge in [0.1, 0.15) is 23.1 Å². The van der Waals surface area contributed by atoms with Crippen LogP contribution in [0.3, 0.4) is 0 Å². The van der Waals surface area contributed by atoms with Crippen molar-refractivity contribution in [2.75, 3.05) is 31.2 Å². The zero-order valence-electron chi connectivity index (χ0n) is 19.8. The summed E-state index contributed by atoms with van der Waals surface area (Å²) in [6.07, 6.45) is 2.98. The monoisotopic (exact) mass is 532 g/mol. The summed E-state index contributed by atoms with van der Waals surface area (Å²) in [4.78, 5) is 28.7. The van der Waals surface area contributed by atoms with Gasteiger partial charge >= 0.3 is 11.0 Å². The van der Waals surface area contributed by atoms with Crippen LogP contribution in [0.25, 0.3) is 22.4 Å². The molecule has 1 saturated heterocycles. The number of anilines is 1. The number of aromatic nitrogens is 1. The standard InChI is InChI=1S/C26H20N4O7S/c27-13-21-20(17-5-8-36-14-17)12-22(16-1-3-19(4-2-16)29-6-9-35-10-7-29)28-25(21)37-15-18-11-23(30(33)34)38-24(18)26(31)32/h1-5,8,11-12,14H,6-7,9-10,15H2,(H,31,32). The van der Waals surface area contributed by atoms with Gasteiger partial charge in [-0.2, -0.15) is 5.26 Å². The highest BCUT2D eigenvalue weighted by Crippen LogP contribution is 2.36. The van der Waals surface area contributed by atoms with Crippen molar-refractivity contribution in [1.82, 2.24) is 4.98 Å². The molecule has 3 aromatic heterocycles. The van der Waals surface area contributed by atoms with E-state index in [0.29, 0.717) is 41.4 Å². The van der Waals surface area contributed by atoms with E-state index in [1.807, 2.05) is 24.3 Å². The van der Waals surface area contributed by atoms with Crippen LogP contribution >= 0.6 is 11.3 Å². The van der Waals surface area contributed by atoms with E-state index in [-0.39, 0.29) is 33.5 Å². The minimum Gasteiger partial charge on any atom is -0.477 e. The van der Waals surface area contributed by atoms with Gasteiger partial charge in [0.2, 0.25) is 5.88 Å². The van der Waals surface area contributed by atoms with E-state index in [4.69, 9.17) is 13.9 Å². The minimum atomic E-state index is -1.30. The van der Waals surface area contributed by atoms with Crippen molar-refractivity contribution < 1.29 is 28.7 Å². The molecule has 0 unspecified atom stereocenters. The third-order valence-corrected chi connectivity index (χ3v) is 7.12. The maximum Gasteiger partial charge on any atom is 0.346 e. The molecule has 192 valence electrons. The van der Waals surface area contributed by atoms with E-state index in [1.165, 1.54) is 12.5 Å². The highest BCUT2D eigenvalue weighted by molar-refractivity contribution is 7.17. The van der Waals surface area contributed by atoms with Gasteiger partial charge in [-0.1, -0.05) is 23.5 Å². The summed E-state index contributed by atoms with van der Waals surface area (Å²) in [6, 6.07) is 14.6. The summed E-state index contributed by atoms with van der Waals surface area (Å²) < 4.78 is 16.5. The van der Waals surface area contributed by atoms with Crippen LogP contribution in [-0.2, 0) is 11.3 Å². The summed E-state index contributed by atoms with van der Waals surface area (Å²) in [5.41, 5.74) is 3.76. The normalized spacial score (nSPS) is 13.2. The van der Waals surface area contributed by atoms with Gasteiger partial charge in [-0.3, -0.25) is 10.1 Å². The van der Waals surface area contributed by atoms with Gasteiger partial charge in [0, 0.05) is 47.1 Å². The number of nitro groups is 1. The summed E-state index contributed by atoms with van der Waals surface area (Å²) in [6.45, 7) is 2.62. The van der Waals surface area contributed by atoms with Crippen molar-refractivity contribution in [2.24, 2.45) is 0 Å². The number of nitrogens with zero attached hydrogens (tertiary/aromatic N) is 4. The lowest BCUT2D eigenvalue weighted by Gasteiger charge is -2.28.